The Morgan fingerprint density at radius 1 is 1.41 bits per heavy atom. The molecule has 1 aromatic rings. The predicted molar refractivity (Wildman–Crippen MR) is 71.8 cm³/mol. The van der Waals surface area contributed by atoms with Crippen molar-refractivity contribution in [2.75, 3.05) is 19.5 Å². The second kappa shape index (κ2) is 5.94. The monoisotopic (exact) mass is 272 g/mol. The summed E-state index contributed by atoms with van der Waals surface area (Å²) in [6.45, 7) is 1.77. The zero-order valence-electron chi connectivity index (χ0n) is 9.99. The van der Waals surface area contributed by atoms with Gasteiger partial charge in [-0.15, -0.1) is 11.6 Å². The van der Waals surface area contributed by atoms with E-state index in [4.69, 9.17) is 11.6 Å². The zero-order chi connectivity index (χ0) is 12.3. The second-order valence-electron chi connectivity index (χ2n) is 4.29. The number of alkyl halides is 1. The highest BCUT2D eigenvalue weighted by Gasteiger charge is 2.20. The molecule has 2 rings (SSSR count). The minimum absolute atomic E-state index is 0.257. The molecule has 0 atom stereocenters. The van der Waals surface area contributed by atoms with Gasteiger partial charge in [0, 0.05) is 37.8 Å². The summed E-state index contributed by atoms with van der Waals surface area (Å²) >= 11 is 7.32. The molecule has 3 nitrogen and oxygen atoms in total. The van der Waals surface area contributed by atoms with Crippen LogP contribution in [-0.4, -0.2) is 34.1 Å². The third-order valence-corrected chi connectivity index (χ3v) is 4.14. The Balaban J connectivity index is 2.10. The van der Waals surface area contributed by atoms with Crippen LogP contribution in [0.2, 0.25) is 0 Å². The van der Waals surface area contributed by atoms with Gasteiger partial charge in [-0.1, -0.05) is 0 Å². The molecule has 5 heteroatoms. The Morgan fingerprint density at radius 3 is 3.00 bits per heavy atom. The van der Waals surface area contributed by atoms with Gasteiger partial charge in [-0.3, -0.25) is 4.79 Å². The molecule has 0 N–H and O–H groups in total. The molecule has 2 heterocycles. The number of hydrogen-bond donors (Lipinski definition) is 0. The molecule has 0 saturated carbocycles. The standard InChI is InChI=1S/C12H17ClN2OS/c1-14-7-4-11(16)10-8-15(6-3-2-5-13)9-12(10)17-14/h8-9H,2-7H2,1H3. The van der Waals surface area contributed by atoms with Crippen LogP contribution in [0.4, 0.5) is 0 Å². The van der Waals surface area contributed by atoms with E-state index in [0.717, 1.165) is 36.4 Å². The Labute approximate surface area is 111 Å². The molecule has 0 bridgehead atoms. The van der Waals surface area contributed by atoms with E-state index in [1.54, 1.807) is 11.9 Å². The van der Waals surface area contributed by atoms with Crippen molar-refractivity contribution in [2.45, 2.75) is 30.7 Å². The maximum absolute atomic E-state index is 11.9. The van der Waals surface area contributed by atoms with Gasteiger partial charge >= 0.3 is 0 Å². The van der Waals surface area contributed by atoms with Crippen molar-refractivity contribution in [2.24, 2.45) is 0 Å². The highest BCUT2D eigenvalue weighted by Crippen LogP contribution is 2.30. The Morgan fingerprint density at radius 2 is 2.24 bits per heavy atom. The maximum atomic E-state index is 11.9. The van der Waals surface area contributed by atoms with Crippen LogP contribution >= 0.6 is 23.5 Å². The van der Waals surface area contributed by atoms with Crippen LogP contribution in [0.3, 0.4) is 0 Å². The van der Waals surface area contributed by atoms with Gasteiger partial charge in [-0.05, 0) is 31.8 Å². The van der Waals surface area contributed by atoms with E-state index in [2.05, 4.69) is 15.1 Å². The van der Waals surface area contributed by atoms with Gasteiger partial charge in [0.05, 0.1) is 10.5 Å². The van der Waals surface area contributed by atoms with Gasteiger partial charge in [-0.25, -0.2) is 4.31 Å². The molecule has 0 unspecified atom stereocenters. The fraction of sp³-hybridized carbons (Fsp3) is 0.583. The number of aromatic nitrogens is 1. The normalized spacial score (nSPS) is 16.9. The molecule has 1 aromatic heterocycles. The van der Waals surface area contributed by atoms with E-state index in [-0.39, 0.29) is 5.78 Å². The molecule has 0 aliphatic carbocycles. The summed E-state index contributed by atoms with van der Waals surface area (Å²) in [4.78, 5) is 13.0. The van der Waals surface area contributed by atoms with Crippen LogP contribution < -0.4 is 0 Å². The molecular weight excluding hydrogens is 256 g/mol. The summed E-state index contributed by atoms with van der Waals surface area (Å²) in [6.07, 6.45) is 6.76. The van der Waals surface area contributed by atoms with Gasteiger partial charge < -0.3 is 4.57 Å². The number of rotatable bonds is 4. The lowest BCUT2D eigenvalue weighted by Crippen LogP contribution is -2.11. The maximum Gasteiger partial charge on any atom is 0.166 e. The van der Waals surface area contributed by atoms with E-state index in [0.29, 0.717) is 12.3 Å². The summed E-state index contributed by atoms with van der Waals surface area (Å²) in [5.74, 6) is 0.963. The molecule has 0 saturated heterocycles. The molecular formula is C12H17ClN2OS. The number of carbonyl (C=O) groups excluding carboxylic acids is 1. The molecule has 1 aliphatic rings. The Bertz CT molecular complexity index is 405. The van der Waals surface area contributed by atoms with Gasteiger partial charge in [-0.2, -0.15) is 0 Å². The number of Topliss-reactive ketones (excluding diaryl/α,β-unsaturated/α-hetero) is 1. The van der Waals surface area contributed by atoms with Crippen molar-refractivity contribution in [1.82, 2.24) is 8.87 Å². The smallest absolute Gasteiger partial charge is 0.166 e. The number of unbranched alkanes of at least 4 members (excludes halogenated alkanes) is 1. The number of ketones is 1. The van der Waals surface area contributed by atoms with E-state index >= 15 is 0 Å². The minimum Gasteiger partial charge on any atom is -0.352 e. The van der Waals surface area contributed by atoms with E-state index in [1.165, 1.54) is 0 Å². The molecule has 17 heavy (non-hydrogen) atoms. The van der Waals surface area contributed by atoms with Crippen molar-refractivity contribution in [3.8, 4) is 0 Å². The average molecular weight is 273 g/mol. The first-order chi connectivity index (χ1) is 8.20. The van der Waals surface area contributed by atoms with Gasteiger partial charge in [0.15, 0.2) is 5.78 Å². The average Bonchev–Trinajstić information content (AvgIpc) is 2.64. The molecule has 1 aliphatic heterocycles. The summed E-state index contributed by atoms with van der Waals surface area (Å²) < 4.78 is 4.23. The number of fused-ring (bicyclic) bond motifs is 1. The van der Waals surface area contributed by atoms with Gasteiger partial charge in [0.25, 0.3) is 0 Å². The lowest BCUT2D eigenvalue weighted by atomic mass is 10.1. The number of aryl methyl sites for hydroxylation is 1. The first-order valence-electron chi connectivity index (χ1n) is 5.89. The van der Waals surface area contributed by atoms with Crippen molar-refractivity contribution < 1.29 is 4.79 Å². The van der Waals surface area contributed by atoms with Crippen molar-refractivity contribution >= 4 is 29.3 Å². The molecule has 0 fully saturated rings. The van der Waals surface area contributed by atoms with Crippen LogP contribution in [-0.2, 0) is 6.54 Å². The minimum atomic E-state index is 0.257. The molecule has 0 spiro atoms. The van der Waals surface area contributed by atoms with Crippen molar-refractivity contribution in [1.29, 1.82) is 0 Å². The highest BCUT2D eigenvalue weighted by molar-refractivity contribution is 7.97. The number of hydrogen-bond acceptors (Lipinski definition) is 3. The second-order valence-corrected chi connectivity index (χ2v) is 5.91. The topological polar surface area (TPSA) is 25.2 Å². The van der Waals surface area contributed by atoms with Crippen LogP contribution in [0.15, 0.2) is 17.3 Å². The molecule has 94 valence electrons. The molecule has 0 radical (unpaired) electrons. The van der Waals surface area contributed by atoms with Gasteiger partial charge in [0.1, 0.15) is 0 Å². The Kier molecular flexibility index (Phi) is 4.54. The Hall–Kier alpha value is -0.450. The van der Waals surface area contributed by atoms with Crippen LogP contribution in [0, 0.1) is 0 Å². The fourth-order valence-electron chi connectivity index (χ4n) is 1.89. The fourth-order valence-corrected chi connectivity index (χ4v) is 3.05. The SMILES string of the molecule is CN1CCC(=O)c2cn(CCCCCl)cc2S1. The van der Waals surface area contributed by atoms with Crippen LogP contribution in [0.25, 0.3) is 0 Å². The number of halogens is 1. The lowest BCUT2D eigenvalue weighted by Gasteiger charge is -2.10. The van der Waals surface area contributed by atoms with E-state index < -0.39 is 0 Å². The van der Waals surface area contributed by atoms with E-state index in [1.807, 2.05) is 13.2 Å². The third-order valence-electron chi connectivity index (χ3n) is 2.85. The van der Waals surface area contributed by atoms with Crippen molar-refractivity contribution in [3.05, 3.63) is 18.0 Å². The summed E-state index contributed by atoms with van der Waals surface area (Å²) in [7, 11) is 2.03. The van der Waals surface area contributed by atoms with Crippen LogP contribution in [0.5, 0.6) is 0 Å². The van der Waals surface area contributed by atoms with E-state index in [9.17, 15) is 4.79 Å². The van der Waals surface area contributed by atoms with Crippen LogP contribution in [0.1, 0.15) is 29.6 Å². The summed E-state index contributed by atoms with van der Waals surface area (Å²) in [5, 5.41) is 0. The number of nitrogens with zero attached hydrogens (tertiary/aromatic N) is 2. The quantitative estimate of drug-likeness (QED) is 0.479. The zero-order valence-corrected chi connectivity index (χ0v) is 11.6. The summed E-state index contributed by atoms with van der Waals surface area (Å²) in [6, 6.07) is 0. The first-order valence-corrected chi connectivity index (χ1v) is 7.19. The van der Waals surface area contributed by atoms with Gasteiger partial charge in [0.2, 0.25) is 0 Å². The largest absolute Gasteiger partial charge is 0.352 e. The van der Waals surface area contributed by atoms with Crippen molar-refractivity contribution in [3.63, 3.8) is 0 Å². The first kappa shape index (κ1) is 13.0. The third kappa shape index (κ3) is 3.27. The number of carbonyl (C=O) groups is 1. The molecule has 0 amide bonds. The molecule has 0 aromatic carbocycles. The lowest BCUT2D eigenvalue weighted by molar-refractivity contribution is 0.0978. The highest BCUT2D eigenvalue weighted by atomic mass is 35.5. The predicted octanol–water partition coefficient (Wildman–Crippen LogP) is 3.03. The summed E-state index contributed by atoms with van der Waals surface area (Å²) in [5.41, 5.74) is 0.880.